The van der Waals surface area contributed by atoms with Crippen molar-refractivity contribution in [2.45, 2.75) is 6.92 Å². The molecule has 1 aromatic heterocycles. The molecular weight excluding hydrogens is 346 g/mol. The van der Waals surface area contributed by atoms with Crippen molar-refractivity contribution in [1.82, 2.24) is 9.88 Å². The molecule has 5 nitrogen and oxygen atoms in total. The summed E-state index contributed by atoms with van der Waals surface area (Å²) < 4.78 is 6.31. The molecule has 0 atom stereocenters. The van der Waals surface area contributed by atoms with Crippen LogP contribution in [0.2, 0.25) is 0 Å². The summed E-state index contributed by atoms with van der Waals surface area (Å²) >= 11 is 1.52. The van der Waals surface area contributed by atoms with Crippen molar-refractivity contribution < 1.29 is 9.53 Å². The number of ether oxygens (including phenoxy) is 1. The number of thiazole rings is 1. The smallest absolute Gasteiger partial charge is 0.260 e. The van der Waals surface area contributed by atoms with Crippen molar-refractivity contribution in [2.75, 3.05) is 39.2 Å². The van der Waals surface area contributed by atoms with Crippen molar-refractivity contribution in [1.29, 1.82) is 0 Å². The van der Waals surface area contributed by atoms with Gasteiger partial charge in [0.05, 0.1) is 17.3 Å². The summed E-state index contributed by atoms with van der Waals surface area (Å²) in [6, 6.07) is 13.5. The number of methoxy groups -OCH3 is 1. The number of anilines is 1. The van der Waals surface area contributed by atoms with Gasteiger partial charge in [0.15, 0.2) is 5.13 Å². The molecule has 1 amide bonds. The van der Waals surface area contributed by atoms with Crippen LogP contribution in [0.3, 0.4) is 0 Å². The van der Waals surface area contributed by atoms with Crippen LogP contribution < -0.4 is 9.64 Å². The van der Waals surface area contributed by atoms with Crippen LogP contribution in [0.5, 0.6) is 5.75 Å². The maximum absolute atomic E-state index is 13.1. The lowest BCUT2D eigenvalue weighted by Gasteiger charge is -2.22. The highest BCUT2D eigenvalue weighted by molar-refractivity contribution is 7.22. The van der Waals surface area contributed by atoms with Gasteiger partial charge in [-0.2, -0.15) is 0 Å². The Bertz CT molecular complexity index is 903. The van der Waals surface area contributed by atoms with Gasteiger partial charge in [0.2, 0.25) is 0 Å². The van der Waals surface area contributed by atoms with Gasteiger partial charge >= 0.3 is 0 Å². The maximum atomic E-state index is 13.1. The molecule has 3 rings (SSSR count). The number of aromatic nitrogens is 1. The molecule has 0 radical (unpaired) electrons. The number of nitrogens with zero attached hydrogens (tertiary/aromatic N) is 3. The fraction of sp³-hybridized carbons (Fsp3) is 0.300. The third-order valence-electron chi connectivity index (χ3n) is 4.13. The minimum absolute atomic E-state index is 0.0297. The van der Waals surface area contributed by atoms with E-state index >= 15 is 0 Å². The van der Waals surface area contributed by atoms with Gasteiger partial charge in [-0.1, -0.05) is 29.0 Å². The van der Waals surface area contributed by atoms with Crippen molar-refractivity contribution in [3.63, 3.8) is 0 Å². The number of fused-ring (bicyclic) bond motifs is 1. The average molecular weight is 369 g/mol. The minimum Gasteiger partial charge on any atom is -0.497 e. The monoisotopic (exact) mass is 369 g/mol. The molecule has 1 heterocycles. The van der Waals surface area contributed by atoms with E-state index in [4.69, 9.17) is 4.74 Å². The van der Waals surface area contributed by atoms with E-state index in [0.717, 1.165) is 28.1 Å². The van der Waals surface area contributed by atoms with Crippen molar-refractivity contribution in [2.24, 2.45) is 0 Å². The van der Waals surface area contributed by atoms with Crippen molar-refractivity contribution in [3.8, 4) is 5.75 Å². The van der Waals surface area contributed by atoms with Crippen molar-refractivity contribution >= 4 is 32.6 Å². The fourth-order valence-electron chi connectivity index (χ4n) is 2.57. The SMILES string of the molecule is COc1ccc2sc(N(CCN(C)C)C(=O)c3ccc(C)cc3)nc2c1. The van der Waals surface area contributed by atoms with E-state index in [1.54, 1.807) is 12.0 Å². The Morgan fingerprint density at radius 1 is 1.12 bits per heavy atom. The lowest BCUT2D eigenvalue weighted by molar-refractivity contribution is 0.0985. The molecule has 0 saturated heterocycles. The molecule has 0 aliphatic carbocycles. The molecule has 0 bridgehead atoms. The predicted octanol–water partition coefficient (Wildman–Crippen LogP) is 3.82. The van der Waals surface area contributed by atoms with Crippen LogP contribution in [0.4, 0.5) is 5.13 Å². The second-order valence-electron chi connectivity index (χ2n) is 6.46. The zero-order valence-corrected chi connectivity index (χ0v) is 16.3. The molecule has 26 heavy (non-hydrogen) atoms. The third kappa shape index (κ3) is 4.03. The molecule has 2 aromatic carbocycles. The molecular formula is C20H23N3O2S. The number of benzene rings is 2. The topological polar surface area (TPSA) is 45.7 Å². The normalized spacial score (nSPS) is 11.1. The summed E-state index contributed by atoms with van der Waals surface area (Å²) in [6.07, 6.45) is 0. The van der Waals surface area contributed by atoms with E-state index in [1.807, 2.05) is 63.5 Å². The lowest BCUT2D eigenvalue weighted by Crippen LogP contribution is -2.36. The summed E-state index contributed by atoms with van der Waals surface area (Å²) in [5.74, 6) is 0.733. The van der Waals surface area contributed by atoms with Gasteiger partial charge in [0.25, 0.3) is 5.91 Å². The molecule has 0 N–H and O–H groups in total. The van der Waals surface area contributed by atoms with Crippen LogP contribution in [0, 0.1) is 6.92 Å². The number of hydrogen-bond acceptors (Lipinski definition) is 5. The first-order valence-electron chi connectivity index (χ1n) is 8.46. The second kappa shape index (κ2) is 7.85. The van der Waals surface area contributed by atoms with Crippen LogP contribution in [0.25, 0.3) is 10.2 Å². The minimum atomic E-state index is -0.0297. The molecule has 3 aromatic rings. The Morgan fingerprint density at radius 3 is 2.50 bits per heavy atom. The van der Waals surface area contributed by atoms with Crippen LogP contribution in [-0.4, -0.2) is 50.1 Å². The zero-order chi connectivity index (χ0) is 18.7. The summed E-state index contributed by atoms with van der Waals surface area (Å²) in [7, 11) is 5.63. The van der Waals surface area contributed by atoms with Crippen LogP contribution in [0.15, 0.2) is 42.5 Å². The molecule has 0 aliphatic rings. The number of amides is 1. The molecule has 0 spiro atoms. The van der Waals surface area contributed by atoms with E-state index in [0.29, 0.717) is 17.2 Å². The highest BCUT2D eigenvalue weighted by Gasteiger charge is 2.21. The van der Waals surface area contributed by atoms with Gasteiger partial charge in [-0.05, 0) is 45.3 Å². The summed E-state index contributed by atoms with van der Waals surface area (Å²) in [5, 5.41) is 0.709. The van der Waals surface area contributed by atoms with E-state index in [2.05, 4.69) is 9.88 Å². The Kier molecular flexibility index (Phi) is 5.54. The second-order valence-corrected chi connectivity index (χ2v) is 7.47. The number of hydrogen-bond donors (Lipinski definition) is 0. The van der Waals surface area contributed by atoms with E-state index in [9.17, 15) is 4.79 Å². The fourth-order valence-corrected chi connectivity index (χ4v) is 3.54. The average Bonchev–Trinajstić information content (AvgIpc) is 3.04. The summed E-state index contributed by atoms with van der Waals surface area (Å²) in [4.78, 5) is 21.6. The van der Waals surface area contributed by atoms with Gasteiger partial charge in [0, 0.05) is 24.7 Å². The van der Waals surface area contributed by atoms with Crippen molar-refractivity contribution in [3.05, 3.63) is 53.6 Å². The van der Waals surface area contributed by atoms with E-state index < -0.39 is 0 Å². The zero-order valence-electron chi connectivity index (χ0n) is 15.5. The number of rotatable bonds is 6. The van der Waals surface area contributed by atoms with Crippen LogP contribution >= 0.6 is 11.3 Å². The standard InChI is InChI=1S/C20H23N3O2S/c1-14-5-7-15(8-6-14)19(24)23(12-11-22(2)3)20-21-17-13-16(25-4)9-10-18(17)26-20/h5-10,13H,11-12H2,1-4H3. The molecule has 0 aliphatic heterocycles. The third-order valence-corrected chi connectivity index (χ3v) is 5.19. The Hall–Kier alpha value is -2.44. The molecule has 0 saturated carbocycles. The van der Waals surface area contributed by atoms with Crippen LogP contribution in [-0.2, 0) is 0 Å². The largest absolute Gasteiger partial charge is 0.497 e. The van der Waals surface area contributed by atoms with Gasteiger partial charge in [-0.3, -0.25) is 9.69 Å². The van der Waals surface area contributed by atoms with Gasteiger partial charge in [-0.15, -0.1) is 0 Å². The van der Waals surface area contributed by atoms with Gasteiger partial charge in [-0.25, -0.2) is 4.98 Å². The van der Waals surface area contributed by atoms with Crippen LogP contribution in [0.1, 0.15) is 15.9 Å². The van der Waals surface area contributed by atoms with E-state index in [-0.39, 0.29) is 5.91 Å². The highest BCUT2D eigenvalue weighted by atomic mass is 32.1. The first-order valence-corrected chi connectivity index (χ1v) is 9.27. The molecule has 0 unspecified atom stereocenters. The lowest BCUT2D eigenvalue weighted by atomic mass is 10.1. The van der Waals surface area contributed by atoms with Gasteiger partial charge < -0.3 is 9.64 Å². The first kappa shape index (κ1) is 18.4. The maximum Gasteiger partial charge on any atom is 0.260 e. The summed E-state index contributed by atoms with van der Waals surface area (Å²) in [6.45, 7) is 3.35. The van der Waals surface area contributed by atoms with E-state index in [1.165, 1.54) is 11.3 Å². The number of carbonyl (C=O) groups is 1. The molecule has 6 heteroatoms. The number of aryl methyl sites for hydroxylation is 1. The quantitative estimate of drug-likeness (QED) is 0.663. The molecule has 136 valence electrons. The summed E-state index contributed by atoms with van der Waals surface area (Å²) in [5.41, 5.74) is 2.65. The Balaban J connectivity index is 1.97. The predicted molar refractivity (Wildman–Crippen MR) is 108 cm³/mol. The highest BCUT2D eigenvalue weighted by Crippen LogP contribution is 2.31. The van der Waals surface area contributed by atoms with Gasteiger partial charge in [0.1, 0.15) is 5.75 Å². The Morgan fingerprint density at radius 2 is 1.85 bits per heavy atom. The first-order chi connectivity index (χ1) is 12.5. The number of likely N-dealkylation sites (N-methyl/N-ethyl adjacent to an activating group) is 1. The number of carbonyl (C=O) groups excluding carboxylic acids is 1. The molecule has 0 fully saturated rings. The Labute approximate surface area is 157 Å².